The molecule has 1 heterocycles. The molecule has 1 aliphatic rings. The monoisotopic (exact) mass is 351 g/mol. The van der Waals surface area contributed by atoms with Gasteiger partial charge in [-0.25, -0.2) is 13.1 Å². The molecule has 102 valence electrons. The second-order valence-corrected chi connectivity index (χ2v) is 10.3. The first-order chi connectivity index (χ1) is 8.00. The van der Waals surface area contributed by atoms with E-state index >= 15 is 0 Å². The maximum Gasteiger partial charge on any atom is 0.250 e. The smallest absolute Gasteiger partial charge is 0.206 e. The van der Waals surface area contributed by atoms with Gasteiger partial charge in [0.2, 0.25) is 10.0 Å². The Labute approximate surface area is 121 Å². The molecule has 1 aliphatic carbocycles. The third-order valence-electron chi connectivity index (χ3n) is 4.39. The average molecular weight is 352 g/mol. The fourth-order valence-corrected chi connectivity index (χ4v) is 6.04. The number of sulfonamides is 1. The van der Waals surface area contributed by atoms with Crippen LogP contribution >= 0.6 is 27.3 Å². The highest BCUT2D eigenvalue weighted by atomic mass is 79.9. The number of hydrogen-bond acceptors (Lipinski definition) is 3. The van der Waals surface area contributed by atoms with Gasteiger partial charge in [0, 0.05) is 6.04 Å². The first-order valence-electron chi connectivity index (χ1n) is 5.78. The molecule has 0 unspecified atom stereocenters. The van der Waals surface area contributed by atoms with E-state index in [1.54, 1.807) is 6.07 Å². The number of rotatable bonds is 3. The highest BCUT2D eigenvalue weighted by Gasteiger charge is 2.66. The van der Waals surface area contributed by atoms with Gasteiger partial charge >= 0.3 is 0 Å². The third kappa shape index (κ3) is 2.07. The molecule has 18 heavy (non-hydrogen) atoms. The molecule has 6 heteroatoms. The Morgan fingerprint density at radius 2 is 1.78 bits per heavy atom. The maximum atomic E-state index is 12.3. The van der Waals surface area contributed by atoms with Gasteiger partial charge < -0.3 is 0 Å². The van der Waals surface area contributed by atoms with Crippen LogP contribution in [0.2, 0.25) is 0 Å². The molecule has 1 fully saturated rings. The highest BCUT2D eigenvalue weighted by Crippen LogP contribution is 2.63. The Morgan fingerprint density at radius 1 is 1.28 bits per heavy atom. The molecule has 1 aromatic rings. The van der Waals surface area contributed by atoms with Crippen molar-refractivity contribution in [2.75, 3.05) is 0 Å². The second kappa shape index (κ2) is 4.04. The third-order valence-corrected chi connectivity index (χ3v) is 8.43. The van der Waals surface area contributed by atoms with Crippen LogP contribution in [0.5, 0.6) is 0 Å². The van der Waals surface area contributed by atoms with Crippen LogP contribution in [0.4, 0.5) is 0 Å². The van der Waals surface area contributed by atoms with Gasteiger partial charge in [-0.15, -0.1) is 11.3 Å². The summed E-state index contributed by atoms with van der Waals surface area (Å²) in [5, 5.41) is 0. The summed E-state index contributed by atoms with van der Waals surface area (Å²) in [5.74, 6) is 0. The predicted molar refractivity (Wildman–Crippen MR) is 78.4 cm³/mol. The van der Waals surface area contributed by atoms with Gasteiger partial charge in [-0.3, -0.25) is 0 Å². The van der Waals surface area contributed by atoms with Gasteiger partial charge in [0.1, 0.15) is 4.21 Å². The van der Waals surface area contributed by atoms with Crippen LogP contribution in [0.25, 0.3) is 0 Å². The van der Waals surface area contributed by atoms with Crippen molar-refractivity contribution >= 4 is 37.3 Å². The number of thiophene rings is 1. The summed E-state index contributed by atoms with van der Waals surface area (Å²) in [5.41, 5.74) is 0.961. The zero-order valence-electron chi connectivity index (χ0n) is 11.2. The van der Waals surface area contributed by atoms with E-state index in [1.165, 1.54) is 11.3 Å². The van der Waals surface area contributed by atoms with Crippen molar-refractivity contribution in [1.29, 1.82) is 0 Å². The van der Waals surface area contributed by atoms with Crippen LogP contribution in [-0.4, -0.2) is 14.5 Å². The molecule has 0 bridgehead atoms. The minimum Gasteiger partial charge on any atom is -0.206 e. The quantitative estimate of drug-likeness (QED) is 0.905. The fraction of sp³-hybridized carbons (Fsp3) is 0.667. The Bertz CT molecular complexity index is 554. The molecule has 0 aliphatic heterocycles. The lowest BCUT2D eigenvalue weighted by Crippen LogP contribution is -2.29. The molecule has 0 saturated heterocycles. The van der Waals surface area contributed by atoms with E-state index < -0.39 is 10.0 Å². The maximum absolute atomic E-state index is 12.3. The van der Waals surface area contributed by atoms with Gasteiger partial charge in [0.15, 0.2) is 0 Å². The Balaban J connectivity index is 2.25. The number of nitrogens with one attached hydrogen (secondary N) is 1. The van der Waals surface area contributed by atoms with Crippen molar-refractivity contribution in [2.24, 2.45) is 10.8 Å². The van der Waals surface area contributed by atoms with Gasteiger partial charge in [-0.2, -0.15) is 0 Å². The van der Waals surface area contributed by atoms with Crippen molar-refractivity contribution in [1.82, 2.24) is 4.72 Å². The average Bonchev–Trinajstić information content (AvgIpc) is 2.53. The normalized spacial score (nSPS) is 22.1. The molecule has 2 rings (SSSR count). The van der Waals surface area contributed by atoms with E-state index in [0.29, 0.717) is 4.21 Å². The molecular formula is C12H18BrNO2S2. The minimum absolute atomic E-state index is 0.00354. The van der Waals surface area contributed by atoms with Crippen molar-refractivity contribution < 1.29 is 8.42 Å². The molecule has 0 atom stereocenters. The molecule has 0 spiro atoms. The summed E-state index contributed by atoms with van der Waals surface area (Å²) < 4.78 is 28.7. The lowest BCUT2D eigenvalue weighted by atomic mass is 10.0. The standard InChI is InChI=1S/C12H18BrNO2S2/c1-7-6-8(17-9(7)13)18(15,16)14-10-11(2,3)12(10,4)5/h6,10,14H,1-5H3. The molecule has 1 saturated carbocycles. The van der Waals surface area contributed by atoms with E-state index in [9.17, 15) is 8.42 Å². The molecule has 0 amide bonds. The van der Waals surface area contributed by atoms with Gasteiger partial charge in [0.05, 0.1) is 3.79 Å². The number of halogens is 1. The lowest BCUT2D eigenvalue weighted by molar-refractivity contribution is 0.457. The van der Waals surface area contributed by atoms with Crippen LogP contribution in [0.1, 0.15) is 33.3 Å². The van der Waals surface area contributed by atoms with E-state index in [-0.39, 0.29) is 16.9 Å². The molecule has 0 radical (unpaired) electrons. The van der Waals surface area contributed by atoms with Crippen LogP contribution in [0.3, 0.4) is 0 Å². The molecular weight excluding hydrogens is 334 g/mol. The van der Waals surface area contributed by atoms with Crippen LogP contribution in [0.15, 0.2) is 14.1 Å². The summed E-state index contributed by atoms with van der Waals surface area (Å²) in [7, 11) is -3.40. The van der Waals surface area contributed by atoms with E-state index in [1.807, 2.05) is 6.92 Å². The Morgan fingerprint density at radius 3 is 2.11 bits per heavy atom. The molecule has 1 aromatic heterocycles. The van der Waals surface area contributed by atoms with Crippen molar-refractivity contribution in [3.8, 4) is 0 Å². The second-order valence-electron chi connectivity index (χ2n) is 6.02. The Kier molecular flexibility index (Phi) is 3.25. The first kappa shape index (κ1) is 14.5. The van der Waals surface area contributed by atoms with Crippen LogP contribution < -0.4 is 4.72 Å². The van der Waals surface area contributed by atoms with E-state index in [0.717, 1.165) is 9.35 Å². The topological polar surface area (TPSA) is 46.2 Å². The fourth-order valence-electron chi connectivity index (χ4n) is 2.27. The van der Waals surface area contributed by atoms with Crippen molar-refractivity contribution in [3.05, 3.63) is 15.4 Å². The minimum atomic E-state index is -3.40. The van der Waals surface area contributed by atoms with Gasteiger partial charge in [0.25, 0.3) is 0 Å². The van der Waals surface area contributed by atoms with Gasteiger partial charge in [-0.05, 0) is 45.3 Å². The summed E-state index contributed by atoms with van der Waals surface area (Å²) >= 11 is 4.62. The zero-order valence-corrected chi connectivity index (χ0v) is 14.4. The van der Waals surface area contributed by atoms with E-state index in [4.69, 9.17) is 0 Å². The van der Waals surface area contributed by atoms with Gasteiger partial charge in [-0.1, -0.05) is 27.7 Å². The Hall–Kier alpha value is 0.0900. The summed E-state index contributed by atoms with van der Waals surface area (Å²) in [6.07, 6.45) is 0. The largest absolute Gasteiger partial charge is 0.250 e. The first-order valence-corrected chi connectivity index (χ1v) is 8.87. The van der Waals surface area contributed by atoms with Crippen molar-refractivity contribution in [2.45, 2.75) is 44.9 Å². The van der Waals surface area contributed by atoms with Crippen molar-refractivity contribution in [3.63, 3.8) is 0 Å². The number of hydrogen-bond donors (Lipinski definition) is 1. The van der Waals surface area contributed by atoms with Crippen LogP contribution in [0, 0.1) is 17.8 Å². The predicted octanol–water partition coefficient (Wildman–Crippen LogP) is 3.53. The number of aryl methyl sites for hydroxylation is 1. The zero-order chi connectivity index (χ0) is 13.9. The van der Waals surface area contributed by atoms with Crippen LogP contribution in [-0.2, 0) is 10.0 Å². The van der Waals surface area contributed by atoms with E-state index in [2.05, 4.69) is 48.3 Å². The molecule has 3 nitrogen and oxygen atoms in total. The summed E-state index contributed by atoms with van der Waals surface area (Å²) in [6, 6.07) is 1.70. The SMILES string of the molecule is Cc1cc(S(=O)(=O)NC2C(C)(C)C2(C)C)sc1Br. The summed E-state index contributed by atoms with van der Waals surface area (Å²) in [6.45, 7) is 10.3. The summed E-state index contributed by atoms with van der Waals surface area (Å²) in [4.78, 5) is 0. The highest BCUT2D eigenvalue weighted by molar-refractivity contribution is 9.11. The lowest BCUT2D eigenvalue weighted by Gasteiger charge is -2.05. The molecule has 1 N–H and O–H groups in total. The molecule has 0 aromatic carbocycles.